The molecule has 2 aliphatic carbocycles. The highest BCUT2D eigenvalue weighted by Gasteiger charge is 2.44. The molecule has 196 valence electrons. The lowest BCUT2D eigenvalue weighted by Gasteiger charge is -2.37. The number of alkyl halides is 3. The van der Waals surface area contributed by atoms with Crippen molar-refractivity contribution in [2.24, 2.45) is 5.92 Å². The molecule has 0 bridgehead atoms. The van der Waals surface area contributed by atoms with E-state index in [9.17, 15) is 27.9 Å². The van der Waals surface area contributed by atoms with Crippen LogP contribution in [0.3, 0.4) is 0 Å². The molecule has 2 fully saturated rings. The number of amides is 2. The summed E-state index contributed by atoms with van der Waals surface area (Å²) in [7, 11) is 0. The number of hydrogen-bond acceptors (Lipinski definition) is 6. The Bertz CT molecular complexity index is 1180. The molecule has 2 atom stereocenters. The first-order valence-electron chi connectivity index (χ1n) is 12.1. The van der Waals surface area contributed by atoms with Gasteiger partial charge in [0.15, 0.2) is 0 Å². The number of carboxylic acids is 1. The molecule has 1 heterocycles. The van der Waals surface area contributed by atoms with Gasteiger partial charge in [0.2, 0.25) is 5.82 Å². The van der Waals surface area contributed by atoms with E-state index in [1.165, 1.54) is 12.4 Å². The van der Waals surface area contributed by atoms with Crippen LogP contribution >= 0.6 is 0 Å². The number of carboxylic acid groups (broad SMARTS) is 1. The van der Waals surface area contributed by atoms with Crippen LogP contribution in [0.4, 0.5) is 35.0 Å². The predicted molar refractivity (Wildman–Crippen MR) is 129 cm³/mol. The summed E-state index contributed by atoms with van der Waals surface area (Å²) in [6.45, 7) is -0.256. The topological polar surface area (TPSA) is 131 Å². The van der Waals surface area contributed by atoms with Crippen molar-refractivity contribution in [2.75, 3.05) is 22.1 Å². The number of nitrogens with one attached hydrogen (secondary N) is 2. The van der Waals surface area contributed by atoms with E-state index in [0.29, 0.717) is 23.4 Å². The quantitative estimate of drug-likeness (QED) is 0.435. The number of nitrogens with zero attached hydrogens (tertiary/aromatic N) is 4. The lowest BCUT2D eigenvalue weighted by atomic mass is 9.93. The number of benzene rings is 1. The lowest BCUT2D eigenvalue weighted by molar-refractivity contribution is -0.138. The Hall–Kier alpha value is -3.88. The van der Waals surface area contributed by atoms with Gasteiger partial charge in [-0.25, -0.2) is 14.8 Å². The highest BCUT2D eigenvalue weighted by molar-refractivity contribution is 6.02. The van der Waals surface area contributed by atoms with Gasteiger partial charge in [0.1, 0.15) is 6.07 Å². The van der Waals surface area contributed by atoms with E-state index in [1.54, 1.807) is 29.2 Å². The van der Waals surface area contributed by atoms with Crippen LogP contribution < -0.4 is 15.5 Å². The first-order valence-corrected chi connectivity index (χ1v) is 12.1. The number of carbonyl (C=O) groups excluding carboxylic acids is 1. The van der Waals surface area contributed by atoms with Gasteiger partial charge in [0.05, 0.1) is 41.8 Å². The second-order valence-corrected chi connectivity index (χ2v) is 9.40. The Morgan fingerprint density at radius 1 is 1.14 bits per heavy atom. The Kier molecular flexibility index (Phi) is 7.80. The highest BCUT2D eigenvalue weighted by atomic mass is 19.4. The Morgan fingerprint density at radius 3 is 2.43 bits per heavy atom. The number of aromatic nitrogens is 2. The largest absolute Gasteiger partial charge is 0.481 e. The maximum atomic E-state index is 13.2. The van der Waals surface area contributed by atoms with Crippen LogP contribution in [-0.2, 0) is 4.79 Å². The summed E-state index contributed by atoms with van der Waals surface area (Å²) < 4.78 is 39.6. The second-order valence-electron chi connectivity index (χ2n) is 9.40. The number of hydrogen-bond donors (Lipinski definition) is 3. The van der Waals surface area contributed by atoms with Crippen LogP contribution in [0, 0.1) is 17.2 Å². The fraction of sp³-hybridized carbons (Fsp3) is 0.480. The Balaban J connectivity index is 1.63. The highest BCUT2D eigenvalue weighted by Crippen LogP contribution is 2.49. The molecule has 0 radical (unpaired) electrons. The van der Waals surface area contributed by atoms with Crippen LogP contribution in [0.25, 0.3) is 0 Å². The third kappa shape index (κ3) is 6.87. The fourth-order valence-electron chi connectivity index (χ4n) is 4.85. The molecule has 1 aromatic heterocycles. The van der Waals surface area contributed by atoms with E-state index in [4.69, 9.17) is 5.26 Å². The summed E-state index contributed by atoms with van der Waals surface area (Å²) in [6.07, 6.45) is 2.01. The molecule has 0 spiro atoms. The van der Waals surface area contributed by atoms with Gasteiger partial charge >= 0.3 is 18.2 Å². The fourth-order valence-corrected chi connectivity index (χ4v) is 4.85. The first kappa shape index (κ1) is 26.2. The SMILES string of the molecule is N#Cc1ncc(NC(=O)Nc2cc([C@H]3C[C@H]3C(=O)O)ccc2N(CCC(F)(F)F)C2CCCCC2)cn1. The van der Waals surface area contributed by atoms with E-state index in [-0.39, 0.29) is 30.0 Å². The molecule has 2 aromatic rings. The number of rotatable bonds is 8. The van der Waals surface area contributed by atoms with Crippen molar-refractivity contribution in [2.45, 2.75) is 63.1 Å². The summed E-state index contributed by atoms with van der Waals surface area (Å²) in [5.41, 5.74) is 1.68. The number of carbonyl (C=O) groups is 2. The molecule has 37 heavy (non-hydrogen) atoms. The average molecular weight is 517 g/mol. The minimum atomic E-state index is -4.34. The lowest BCUT2D eigenvalue weighted by Crippen LogP contribution is -2.39. The zero-order chi connectivity index (χ0) is 26.6. The standard InChI is InChI=1S/C25H27F3N6O3/c26-25(27,28)8-9-34(17-4-2-1-3-5-17)21-7-6-15(18-11-19(18)23(35)36)10-20(21)33-24(37)32-16-13-30-22(12-29)31-14-16/h6-7,10,13-14,17-19H,1-5,8-9,11H2,(H,35,36)(H2,32,33,37)/t18-,19-/m1/s1. The van der Waals surface area contributed by atoms with Crippen LogP contribution in [0.15, 0.2) is 30.6 Å². The normalized spacial score (nSPS) is 19.5. The van der Waals surface area contributed by atoms with E-state index in [1.807, 2.05) is 0 Å². The van der Waals surface area contributed by atoms with Crippen molar-refractivity contribution in [1.82, 2.24) is 9.97 Å². The molecule has 2 aliphatic rings. The Labute approximate surface area is 211 Å². The second kappa shape index (κ2) is 11.0. The van der Waals surface area contributed by atoms with E-state index < -0.39 is 30.5 Å². The third-order valence-electron chi connectivity index (χ3n) is 6.78. The molecular weight excluding hydrogens is 489 g/mol. The van der Waals surface area contributed by atoms with Crippen molar-refractivity contribution in [3.63, 3.8) is 0 Å². The van der Waals surface area contributed by atoms with E-state index in [2.05, 4.69) is 20.6 Å². The number of urea groups is 1. The van der Waals surface area contributed by atoms with Crippen molar-refractivity contribution >= 4 is 29.1 Å². The smallest absolute Gasteiger partial charge is 0.390 e. The zero-order valence-corrected chi connectivity index (χ0v) is 20.0. The minimum Gasteiger partial charge on any atom is -0.481 e. The molecular formula is C25H27F3N6O3. The van der Waals surface area contributed by atoms with Crippen molar-refractivity contribution in [3.05, 3.63) is 42.0 Å². The van der Waals surface area contributed by atoms with E-state index in [0.717, 1.165) is 32.1 Å². The molecule has 12 heteroatoms. The van der Waals surface area contributed by atoms with E-state index >= 15 is 0 Å². The van der Waals surface area contributed by atoms with Gasteiger partial charge in [0, 0.05) is 12.6 Å². The summed E-state index contributed by atoms with van der Waals surface area (Å²) in [5.74, 6) is -1.72. The van der Waals surface area contributed by atoms with Gasteiger partial charge < -0.3 is 20.6 Å². The van der Waals surface area contributed by atoms with Crippen LogP contribution in [0.2, 0.25) is 0 Å². The third-order valence-corrected chi connectivity index (χ3v) is 6.78. The number of anilines is 3. The molecule has 2 saturated carbocycles. The van der Waals surface area contributed by atoms with Gasteiger partial charge in [-0.2, -0.15) is 18.4 Å². The molecule has 0 saturated heterocycles. The van der Waals surface area contributed by atoms with Crippen molar-refractivity contribution < 1.29 is 27.9 Å². The van der Waals surface area contributed by atoms with Crippen LogP contribution in [0.5, 0.6) is 0 Å². The maximum absolute atomic E-state index is 13.2. The summed E-state index contributed by atoms with van der Waals surface area (Å²) >= 11 is 0. The van der Waals surface area contributed by atoms with Crippen LogP contribution in [-0.4, -0.2) is 45.8 Å². The van der Waals surface area contributed by atoms with Gasteiger partial charge in [0.25, 0.3) is 0 Å². The molecule has 9 nitrogen and oxygen atoms in total. The summed E-state index contributed by atoms with van der Waals surface area (Å²) in [4.78, 5) is 33.5. The molecule has 2 amide bonds. The maximum Gasteiger partial charge on any atom is 0.390 e. The predicted octanol–water partition coefficient (Wildman–Crippen LogP) is 5.27. The summed E-state index contributed by atoms with van der Waals surface area (Å²) in [6, 6.07) is 6.07. The molecule has 0 aliphatic heterocycles. The average Bonchev–Trinajstić information content (AvgIpc) is 3.67. The van der Waals surface area contributed by atoms with Crippen LogP contribution in [0.1, 0.15) is 62.3 Å². The first-order chi connectivity index (χ1) is 17.6. The number of nitriles is 1. The zero-order valence-electron chi connectivity index (χ0n) is 20.0. The minimum absolute atomic E-state index is 0.0637. The number of aliphatic carboxylic acids is 1. The van der Waals surface area contributed by atoms with Crippen molar-refractivity contribution in [3.8, 4) is 6.07 Å². The summed E-state index contributed by atoms with van der Waals surface area (Å²) in [5, 5.41) is 23.5. The van der Waals surface area contributed by atoms with Gasteiger partial charge in [-0.3, -0.25) is 4.79 Å². The van der Waals surface area contributed by atoms with Gasteiger partial charge in [-0.05, 0) is 42.9 Å². The molecule has 3 N–H and O–H groups in total. The molecule has 0 unspecified atom stereocenters. The number of halogens is 3. The molecule has 4 rings (SSSR count). The monoisotopic (exact) mass is 516 g/mol. The van der Waals surface area contributed by atoms with Gasteiger partial charge in [-0.1, -0.05) is 25.3 Å². The molecule has 1 aromatic carbocycles. The van der Waals surface area contributed by atoms with Crippen molar-refractivity contribution in [1.29, 1.82) is 5.26 Å². The Morgan fingerprint density at radius 2 is 1.84 bits per heavy atom. The van der Waals surface area contributed by atoms with Gasteiger partial charge in [-0.15, -0.1) is 0 Å².